The number of nitrogens with one attached hydrogen (secondary N) is 1. The van der Waals surface area contributed by atoms with Crippen molar-refractivity contribution in [3.8, 4) is 0 Å². The number of hydrogen-bond acceptors (Lipinski definition) is 6. The zero-order chi connectivity index (χ0) is 17.8. The SMILES string of the molecule is C[C@@H]1CCCN(c2ccc(C(=O)NN3CCOCC3)cc2[N+](=O)[O-])C1. The highest BCUT2D eigenvalue weighted by molar-refractivity contribution is 5.95. The summed E-state index contributed by atoms with van der Waals surface area (Å²) >= 11 is 0. The van der Waals surface area contributed by atoms with Crippen molar-refractivity contribution in [2.75, 3.05) is 44.3 Å². The number of nitro groups is 1. The zero-order valence-electron chi connectivity index (χ0n) is 14.4. The van der Waals surface area contributed by atoms with Crippen molar-refractivity contribution < 1.29 is 14.5 Å². The lowest BCUT2D eigenvalue weighted by molar-refractivity contribution is -0.384. The van der Waals surface area contributed by atoms with Crippen LogP contribution >= 0.6 is 0 Å². The Labute approximate surface area is 146 Å². The van der Waals surface area contributed by atoms with E-state index in [1.807, 2.05) is 0 Å². The Balaban J connectivity index is 1.78. The van der Waals surface area contributed by atoms with Gasteiger partial charge in [-0.25, -0.2) is 5.01 Å². The number of hydrogen-bond donors (Lipinski definition) is 1. The summed E-state index contributed by atoms with van der Waals surface area (Å²) in [5, 5.41) is 13.3. The molecule has 1 N–H and O–H groups in total. The van der Waals surface area contributed by atoms with E-state index >= 15 is 0 Å². The molecule has 0 bridgehead atoms. The van der Waals surface area contributed by atoms with Crippen molar-refractivity contribution in [1.29, 1.82) is 0 Å². The lowest BCUT2D eigenvalue weighted by Gasteiger charge is -2.32. The highest BCUT2D eigenvalue weighted by atomic mass is 16.6. The highest BCUT2D eigenvalue weighted by Crippen LogP contribution is 2.32. The number of nitrogens with zero attached hydrogens (tertiary/aromatic N) is 3. The molecular formula is C17H24N4O4. The van der Waals surface area contributed by atoms with Crippen LogP contribution in [0, 0.1) is 16.0 Å². The molecule has 2 aliphatic heterocycles. The Morgan fingerprint density at radius 1 is 1.32 bits per heavy atom. The number of anilines is 1. The molecule has 2 heterocycles. The summed E-state index contributed by atoms with van der Waals surface area (Å²) in [6.45, 7) is 6.11. The van der Waals surface area contributed by atoms with Crippen LogP contribution in [0.3, 0.4) is 0 Å². The number of nitro benzene ring substituents is 1. The van der Waals surface area contributed by atoms with Gasteiger partial charge in [-0.3, -0.25) is 20.3 Å². The van der Waals surface area contributed by atoms with Gasteiger partial charge in [0.15, 0.2) is 0 Å². The molecule has 0 spiro atoms. The third kappa shape index (κ3) is 4.26. The maximum Gasteiger partial charge on any atom is 0.293 e. The number of rotatable bonds is 4. The van der Waals surface area contributed by atoms with E-state index in [4.69, 9.17) is 4.74 Å². The minimum Gasteiger partial charge on any atom is -0.379 e. The fraction of sp³-hybridized carbons (Fsp3) is 0.588. The molecule has 0 unspecified atom stereocenters. The minimum atomic E-state index is -0.403. The van der Waals surface area contributed by atoms with Crippen molar-refractivity contribution >= 4 is 17.3 Å². The third-order valence-electron chi connectivity index (χ3n) is 4.70. The predicted molar refractivity (Wildman–Crippen MR) is 93.6 cm³/mol. The summed E-state index contributed by atoms with van der Waals surface area (Å²) in [7, 11) is 0. The zero-order valence-corrected chi connectivity index (χ0v) is 14.4. The molecule has 2 aliphatic rings. The van der Waals surface area contributed by atoms with Crippen LogP contribution in [0.15, 0.2) is 18.2 Å². The number of piperidine rings is 1. The number of morpholine rings is 1. The molecule has 1 amide bonds. The van der Waals surface area contributed by atoms with E-state index in [1.54, 1.807) is 17.1 Å². The van der Waals surface area contributed by atoms with Gasteiger partial charge in [-0.2, -0.15) is 0 Å². The second kappa shape index (κ2) is 7.79. The summed E-state index contributed by atoms with van der Waals surface area (Å²) in [5.41, 5.74) is 3.67. The maximum atomic E-state index is 12.4. The molecule has 25 heavy (non-hydrogen) atoms. The quantitative estimate of drug-likeness (QED) is 0.659. The molecule has 0 aromatic heterocycles. The van der Waals surface area contributed by atoms with E-state index in [0.717, 1.165) is 25.9 Å². The summed E-state index contributed by atoms with van der Waals surface area (Å²) in [5.74, 6) is 0.182. The number of carbonyl (C=O) groups is 1. The number of ether oxygens (including phenoxy) is 1. The Kier molecular flexibility index (Phi) is 5.50. The van der Waals surface area contributed by atoms with Crippen molar-refractivity contribution in [3.63, 3.8) is 0 Å². The first-order valence-corrected chi connectivity index (χ1v) is 8.71. The van der Waals surface area contributed by atoms with Gasteiger partial charge in [0.25, 0.3) is 11.6 Å². The molecule has 1 aromatic carbocycles. The van der Waals surface area contributed by atoms with Crippen LogP contribution in [0.5, 0.6) is 0 Å². The first-order valence-electron chi connectivity index (χ1n) is 8.71. The molecular weight excluding hydrogens is 324 g/mol. The average Bonchev–Trinajstić information content (AvgIpc) is 2.62. The predicted octanol–water partition coefficient (Wildman–Crippen LogP) is 1.81. The van der Waals surface area contributed by atoms with Gasteiger partial charge in [0.1, 0.15) is 5.69 Å². The maximum absolute atomic E-state index is 12.4. The Bertz CT molecular complexity index is 646. The molecule has 2 fully saturated rings. The van der Waals surface area contributed by atoms with Crippen LogP contribution in [-0.4, -0.2) is 55.2 Å². The minimum absolute atomic E-state index is 0.0104. The van der Waals surface area contributed by atoms with Gasteiger partial charge >= 0.3 is 0 Å². The molecule has 1 atom stereocenters. The van der Waals surface area contributed by atoms with Crippen molar-refractivity contribution in [2.45, 2.75) is 19.8 Å². The van der Waals surface area contributed by atoms with Crippen LogP contribution in [0.4, 0.5) is 11.4 Å². The fourth-order valence-corrected chi connectivity index (χ4v) is 3.37. The normalized spacial score (nSPS) is 21.8. The van der Waals surface area contributed by atoms with Gasteiger partial charge < -0.3 is 9.64 Å². The smallest absolute Gasteiger partial charge is 0.293 e. The van der Waals surface area contributed by atoms with Crippen molar-refractivity contribution in [1.82, 2.24) is 10.4 Å². The number of benzene rings is 1. The van der Waals surface area contributed by atoms with E-state index in [2.05, 4.69) is 17.2 Å². The number of carbonyl (C=O) groups excluding carboxylic acids is 1. The van der Waals surface area contributed by atoms with Crippen molar-refractivity contribution in [2.24, 2.45) is 5.92 Å². The summed E-state index contributed by atoms with van der Waals surface area (Å²) in [6.07, 6.45) is 2.17. The van der Waals surface area contributed by atoms with Gasteiger partial charge in [0.2, 0.25) is 0 Å². The largest absolute Gasteiger partial charge is 0.379 e. The number of hydrazine groups is 1. The Morgan fingerprint density at radius 3 is 2.76 bits per heavy atom. The van der Waals surface area contributed by atoms with E-state index in [1.165, 1.54) is 6.07 Å². The van der Waals surface area contributed by atoms with Crippen LogP contribution in [0.2, 0.25) is 0 Å². The van der Waals surface area contributed by atoms with Gasteiger partial charge in [-0.15, -0.1) is 0 Å². The Morgan fingerprint density at radius 2 is 2.08 bits per heavy atom. The summed E-state index contributed by atoms with van der Waals surface area (Å²) in [4.78, 5) is 25.6. The first kappa shape index (κ1) is 17.6. The molecule has 0 aliphatic carbocycles. The molecule has 1 aromatic rings. The molecule has 0 saturated carbocycles. The van der Waals surface area contributed by atoms with Crippen LogP contribution < -0.4 is 10.3 Å². The lowest BCUT2D eigenvalue weighted by atomic mass is 9.99. The lowest BCUT2D eigenvalue weighted by Crippen LogP contribution is -2.48. The van der Waals surface area contributed by atoms with Gasteiger partial charge in [-0.1, -0.05) is 6.92 Å². The molecule has 8 heteroatoms. The molecule has 8 nitrogen and oxygen atoms in total. The summed E-state index contributed by atoms with van der Waals surface area (Å²) in [6, 6.07) is 4.74. The van der Waals surface area contributed by atoms with E-state index in [0.29, 0.717) is 43.5 Å². The second-order valence-corrected chi connectivity index (χ2v) is 6.69. The molecule has 3 rings (SSSR count). The monoisotopic (exact) mass is 348 g/mol. The highest BCUT2D eigenvalue weighted by Gasteiger charge is 2.25. The first-order chi connectivity index (χ1) is 12.0. The van der Waals surface area contributed by atoms with E-state index in [9.17, 15) is 14.9 Å². The van der Waals surface area contributed by atoms with Gasteiger partial charge in [0, 0.05) is 37.8 Å². The second-order valence-electron chi connectivity index (χ2n) is 6.69. The summed E-state index contributed by atoms with van der Waals surface area (Å²) < 4.78 is 5.24. The molecule has 136 valence electrons. The molecule has 0 radical (unpaired) electrons. The Hall–Kier alpha value is -2.19. The topological polar surface area (TPSA) is 88.0 Å². The third-order valence-corrected chi connectivity index (χ3v) is 4.70. The molecule has 2 saturated heterocycles. The average molecular weight is 348 g/mol. The number of amides is 1. The standard InChI is InChI=1S/C17H24N4O4/c1-13-3-2-6-19(12-13)15-5-4-14(11-16(15)21(23)24)17(22)18-20-7-9-25-10-8-20/h4-5,11,13H,2-3,6-10,12H2,1H3,(H,18,22)/t13-/m1/s1. The van der Waals surface area contributed by atoms with E-state index in [-0.39, 0.29) is 11.6 Å². The van der Waals surface area contributed by atoms with Gasteiger partial charge in [-0.05, 0) is 30.9 Å². The van der Waals surface area contributed by atoms with E-state index < -0.39 is 4.92 Å². The van der Waals surface area contributed by atoms with Crippen LogP contribution in [0.1, 0.15) is 30.1 Å². The van der Waals surface area contributed by atoms with Crippen LogP contribution in [-0.2, 0) is 4.74 Å². The fourth-order valence-electron chi connectivity index (χ4n) is 3.37. The van der Waals surface area contributed by atoms with Gasteiger partial charge in [0.05, 0.1) is 18.1 Å². The van der Waals surface area contributed by atoms with Crippen LogP contribution in [0.25, 0.3) is 0 Å². The van der Waals surface area contributed by atoms with Crippen molar-refractivity contribution in [3.05, 3.63) is 33.9 Å².